The summed E-state index contributed by atoms with van der Waals surface area (Å²) in [7, 11) is 0. The second kappa shape index (κ2) is 8.22. The minimum atomic E-state index is -0.994. The molecule has 0 aliphatic carbocycles. The van der Waals surface area contributed by atoms with Gasteiger partial charge in [0.25, 0.3) is 0 Å². The van der Waals surface area contributed by atoms with Crippen LogP contribution in [-0.4, -0.2) is 52.6 Å². The number of thioether (sulfide) groups is 1. The number of nitrogens with zero attached hydrogens (tertiary/aromatic N) is 1. The first-order valence-electron chi connectivity index (χ1n) is 5.67. The lowest BCUT2D eigenvalue weighted by molar-refractivity contribution is -0.138. The van der Waals surface area contributed by atoms with Crippen LogP contribution in [0.4, 0.5) is 4.79 Å². The Morgan fingerprint density at radius 1 is 1.35 bits per heavy atom. The summed E-state index contributed by atoms with van der Waals surface area (Å²) in [6.45, 7) is 6.00. The van der Waals surface area contributed by atoms with Crippen LogP contribution in [0.5, 0.6) is 0 Å². The van der Waals surface area contributed by atoms with Gasteiger partial charge in [0.15, 0.2) is 0 Å². The lowest BCUT2D eigenvalue weighted by Crippen LogP contribution is -2.46. The third-order valence-corrected chi connectivity index (χ3v) is 3.46. The molecule has 0 aromatic rings. The lowest BCUT2D eigenvalue weighted by Gasteiger charge is -2.25. The predicted molar refractivity (Wildman–Crippen MR) is 70.5 cm³/mol. The number of amides is 2. The van der Waals surface area contributed by atoms with E-state index >= 15 is 0 Å². The van der Waals surface area contributed by atoms with Crippen LogP contribution in [0.3, 0.4) is 0 Å². The van der Waals surface area contributed by atoms with E-state index in [0.29, 0.717) is 11.8 Å². The first-order chi connectivity index (χ1) is 7.88. The Hall–Kier alpha value is -0.910. The highest BCUT2D eigenvalue weighted by Crippen LogP contribution is 2.08. The van der Waals surface area contributed by atoms with Gasteiger partial charge in [0.2, 0.25) is 0 Å². The van der Waals surface area contributed by atoms with E-state index in [4.69, 9.17) is 5.11 Å². The minimum Gasteiger partial charge on any atom is -0.480 e. The number of carbonyl (C=O) groups is 2. The molecular weight excluding hydrogens is 240 g/mol. The molecule has 1 unspecified atom stereocenters. The van der Waals surface area contributed by atoms with E-state index in [2.05, 4.69) is 12.2 Å². The van der Waals surface area contributed by atoms with Crippen LogP contribution < -0.4 is 5.32 Å². The maximum absolute atomic E-state index is 11.7. The molecule has 5 nitrogen and oxygen atoms in total. The Morgan fingerprint density at radius 2 is 1.94 bits per heavy atom. The predicted octanol–water partition coefficient (Wildman–Crippen LogP) is 1.63. The van der Waals surface area contributed by atoms with Gasteiger partial charge in [-0.25, -0.2) is 4.79 Å². The number of carbonyl (C=O) groups excluding carboxylic acids is 1. The minimum absolute atomic E-state index is 0.121. The molecule has 6 heteroatoms. The number of carboxylic acid groups (broad SMARTS) is 1. The van der Waals surface area contributed by atoms with Gasteiger partial charge >= 0.3 is 12.0 Å². The summed E-state index contributed by atoms with van der Waals surface area (Å²) < 4.78 is 0. The molecule has 0 rings (SSSR count). The van der Waals surface area contributed by atoms with Crippen molar-refractivity contribution in [2.45, 2.75) is 38.5 Å². The molecule has 0 aliphatic rings. The normalized spacial score (nSPS) is 12.3. The van der Waals surface area contributed by atoms with E-state index in [-0.39, 0.29) is 18.6 Å². The van der Waals surface area contributed by atoms with Crippen molar-refractivity contribution >= 4 is 23.8 Å². The Morgan fingerprint density at radius 3 is 2.35 bits per heavy atom. The van der Waals surface area contributed by atoms with Gasteiger partial charge < -0.3 is 15.3 Å². The van der Waals surface area contributed by atoms with Crippen LogP contribution in [0.15, 0.2) is 0 Å². The third kappa shape index (κ3) is 7.10. The van der Waals surface area contributed by atoms with Crippen molar-refractivity contribution in [3.05, 3.63) is 0 Å². The number of rotatable bonds is 7. The Bertz CT molecular complexity index is 259. The van der Waals surface area contributed by atoms with Gasteiger partial charge in [-0.2, -0.15) is 11.8 Å². The monoisotopic (exact) mass is 262 g/mol. The molecule has 0 bridgehead atoms. The molecule has 1 atom stereocenters. The molecule has 0 saturated heterocycles. The van der Waals surface area contributed by atoms with Crippen LogP contribution in [0.2, 0.25) is 0 Å². The molecule has 0 heterocycles. The van der Waals surface area contributed by atoms with E-state index in [1.807, 2.05) is 6.26 Å². The number of aliphatic carboxylic acids is 1. The summed E-state index contributed by atoms with van der Waals surface area (Å²) in [5.74, 6) is -0.994. The summed E-state index contributed by atoms with van der Waals surface area (Å²) in [6, 6.07) is -0.431. The number of nitrogens with one attached hydrogen (secondary N) is 1. The third-order valence-electron chi connectivity index (χ3n) is 2.42. The first-order valence-corrected chi connectivity index (χ1v) is 6.96. The fourth-order valence-corrected chi connectivity index (χ4v) is 1.59. The summed E-state index contributed by atoms with van der Waals surface area (Å²) in [4.78, 5) is 23.7. The summed E-state index contributed by atoms with van der Waals surface area (Å²) in [5.41, 5.74) is 0. The van der Waals surface area contributed by atoms with Crippen LogP contribution in [0.25, 0.3) is 0 Å². The van der Waals surface area contributed by atoms with Crippen molar-refractivity contribution in [2.75, 3.05) is 19.3 Å². The van der Waals surface area contributed by atoms with E-state index < -0.39 is 5.97 Å². The van der Waals surface area contributed by atoms with Gasteiger partial charge in [0.1, 0.15) is 6.54 Å². The van der Waals surface area contributed by atoms with Crippen molar-refractivity contribution in [1.29, 1.82) is 0 Å². The standard InChI is InChI=1S/C11H22N2O3S/c1-8(2)13(7-10(14)15)11(16)12-6-5-9(3)17-4/h8-9H,5-7H2,1-4H3,(H,12,16)(H,14,15). The van der Waals surface area contributed by atoms with E-state index in [0.717, 1.165) is 6.42 Å². The van der Waals surface area contributed by atoms with Gasteiger partial charge in [-0.1, -0.05) is 6.92 Å². The second-order valence-corrected chi connectivity index (χ2v) is 5.46. The molecule has 0 radical (unpaired) electrons. The lowest BCUT2D eigenvalue weighted by atomic mass is 10.3. The largest absolute Gasteiger partial charge is 0.480 e. The zero-order valence-electron chi connectivity index (χ0n) is 10.9. The zero-order chi connectivity index (χ0) is 13.4. The van der Waals surface area contributed by atoms with Crippen LogP contribution in [-0.2, 0) is 4.79 Å². The van der Waals surface area contributed by atoms with Crippen molar-refractivity contribution < 1.29 is 14.7 Å². The molecule has 0 aromatic heterocycles. The Balaban J connectivity index is 4.11. The molecule has 2 amide bonds. The highest BCUT2D eigenvalue weighted by atomic mass is 32.2. The van der Waals surface area contributed by atoms with E-state index in [1.165, 1.54) is 4.90 Å². The fraction of sp³-hybridized carbons (Fsp3) is 0.818. The Labute approximate surface area is 107 Å². The van der Waals surface area contributed by atoms with E-state index in [1.54, 1.807) is 25.6 Å². The Kier molecular flexibility index (Phi) is 7.78. The maximum atomic E-state index is 11.7. The van der Waals surface area contributed by atoms with Crippen molar-refractivity contribution in [3.63, 3.8) is 0 Å². The van der Waals surface area contributed by atoms with Gasteiger partial charge in [0, 0.05) is 17.8 Å². The van der Waals surface area contributed by atoms with Gasteiger partial charge in [-0.3, -0.25) is 4.79 Å². The summed E-state index contributed by atoms with van der Waals surface area (Å²) in [5, 5.41) is 11.9. The molecule has 0 saturated carbocycles. The molecule has 100 valence electrons. The summed E-state index contributed by atoms with van der Waals surface area (Å²) >= 11 is 1.74. The van der Waals surface area contributed by atoms with Crippen LogP contribution >= 0.6 is 11.8 Å². The zero-order valence-corrected chi connectivity index (χ0v) is 11.7. The molecule has 0 aliphatic heterocycles. The fourth-order valence-electron chi connectivity index (χ4n) is 1.24. The second-order valence-electron chi connectivity index (χ2n) is 4.18. The number of hydrogen-bond acceptors (Lipinski definition) is 3. The highest BCUT2D eigenvalue weighted by Gasteiger charge is 2.19. The van der Waals surface area contributed by atoms with Crippen molar-refractivity contribution in [1.82, 2.24) is 10.2 Å². The first kappa shape index (κ1) is 16.1. The van der Waals surface area contributed by atoms with Gasteiger partial charge in [-0.05, 0) is 26.5 Å². The summed E-state index contributed by atoms with van der Waals surface area (Å²) in [6.07, 6.45) is 2.91. The quantitative estimate of drug-likeness (QED) is 0.731. The number of hydrogen-bond donors (Lipinski definition) is 2. The molecule has 0 aromatic carbocycles. The average Bonchev–Trinajstić information content (AvgIpc) is 2.24. The van der Waals surface area contributed by atoms with Crippen molar-refractivity contribution in [2.24, 2.45) is 0 Å². The highest BCUT2D eigenvalue weighted by molar-refractivity contribution is 7.99. The van der Waals surface area contributed by atoms with Gasteiger partial charge in [0.05, 0.1) is 0 Å². The molecule has 2 N–H and O–H groups in total. The molecule has 17 heavy (non-hydrogen) atoms. The SMILES string of the molecule is CSC(C)CCNC(=O)N(CC(=O)O)C(C)C. The topological polar surface area (TPSA) is 69.6 Å². The molecule has 0 spiro atoms. The molecular formula is C11H22N2O3S. The number of urea groups is 1. The molecule has 0 fully saturated rings. The maximum Gasteiger partial charge on any atom is 0.323 e. The van der Waals surface area contributed by atoms with Crippen LogP contribution in [0, 0.1) is 0 Å². The van der Waals surface area contributed by atoms with Crippen molar-refractivity contribution in [3.8, 4) is 0 Å². The van der Waals surface area contributed by atoms with E-state index in [9.17, 15) is 9.59 Å². The van der Waals surface area contributed by atoms with Crippen LogP contribution in [0.1, 0.15) is 27.2 Å². The smallest absolute Gasteiger partial charge is 0.323 e. The average molecular weight is 262 g/mol. The van der Waals surface area contributed by atoms with Gasteiger partial charge in [-0.15, -0.1) is 0 Å². The number of carboxylic acids is 1.